The van der Waals surface area contributed by atoms with Gasteiger partial charge in [-0.25, -0.2) is 14.4 Å². The molecule has 2 N–H and O–H groups in total. The number of anilines is 4. The maximum absolute atomic E-state index is 15.9. The highest BCUT2D eigenvalue weighted by Gasteiger charge is 2.22. The number of nitrogens with one attached hydrogen (secondary N) is 2. The summed E-state index contributed by atoms with van der Waals surface area (Å²) in [5.41, 5.74) is 3.96. The van der Waals surface area contributed by atoms with E-state index in [0.717, 1.165) is 29.6 Å². The largest absolute Gasteiger partial charge is 0.494 e. The van der Waals surface area contributed by atoms with Crippen LogP contribution in [0, 0.1) is 5.82 Å². The number of aromatic nitrogens is 4. The van der Waals surface area contributed by atoms with Crippen LogP contribution in [0.1, 0.15) is 13.8 Å². The van der Waals surface area contributed by atoms with Crippen molar-refractivity contribution in [3.05, 3.63) is 48.7 Å². The van der Waals surface area contributed by atoms with Crippen LogP contribution < -0.4 is 20.3 Å². The van der Waals surface area contributed by atoms with Gasteiger partial charge in [0.2, 0.25) is 0 Å². The number of likely N-dealkylation sites (N-methyl/N-ethyl adjacent to an activating group) is 2. The van der Waals surface area contributed by atoms with E-state index in [1.165, 1.54) is 13.4 Å². The standard InChI is InChI=1S/C27H35FN8O/c1-17(2)34(4)10-11-35(5)22-14-23(37-7)27(25(28)26(22)29-3)33-24-13-20(30-16-31-24)18-8-9-21-19(12-18)15-32-36(21)6/h8-9,12-17,29H,10-11H2,1-7H3,(H,30,31,33). The van der Waals surface area contributed by atoms with E-state index in [0.29, 0.717) is 34.7 Å². The van der Waals surface area contributed by atoms with Crippen molar-refractivity contribution in [2.24, 2.45) is 7.05 Å². The number of rotatable bonds is 10. The minimum absolute atomic E-state index is 0.204. The highest BCUT2D eigenvalue weighted by Crippen LogP contribution is 2.41. The Morgan fingerprint density at radius 3 is 2.57 bits per heavy atom. The van der Waals surface area contributed by atoms with Gasteiger partial charge in [-0.1, -0.05) is 6.07 Å². The molecule has 0 saturated carbocycles. The van der Waals surface area contributed by atoms with Crippen LogP contribution in [0.5, 0.6) is 5.75 Å². The number of hydrogen-bond acceptors (Lipinski definition) is 8. The van der Waals surface area contributed by atoms with E-state index in [4.69, 9.17) is 4.74 Å². The normalized spacial score (nSPS) is 11.4. The number of aryl methyl sites for hydroxylation is 1. The topological polar surface area (TPSA) is 83.4 Å². The van der Waals surface area contributed by atoms with Gasteiger partial charge < -0.3 is 25.2 Å². The summed E-state index contributed by atoms with van der Waals surface area (Å²) in [6, 6.07) is 10.1. The molecule has 0 bridgehead atoms. The molecular formula is C27H35FN8O. The molecule has 37 heavy (non-hydrogen) atoms. The SMILES string of the molecule is CNc1c(N(C)CCN(C)C(C)C)cc(OC)c(Nc2cc(-c3ccc4c(cnn4C)c3)ncn2)c1F. The lowest BCUT2D eigenvalue weighted by Crippen LogP contribution is -2.35. The molecule has 0 aliphatic rings. The second-order valence-corrected chi connectivity index (χ2v) is 9.36. The average molecular weight is 507 g/mol. The highest BCUT2D eigenvalue weighted by atomic mass is 19.1. The van der Waals surface area contributed by atoms with Gasteiger partial charge >= 0.3 is 0 Å². The lowest BCUT2D eigenvalue weighted by atomic mass is 10.1. The Hall–Kier alpha value is -3.92. The predicted molar refractivity (Wildman–Crippen MR) is 149 cm³/mol. The fraction of sp³-hybridized carbons (Fsp3) is 0.370. The van der Waals surface area contributed by atoms with E-state index in [1.807, 2.05) is 54.1 Å². The van der Waals surface area contributed by atoms with Crippen LogP contribution in [-0.4, -0.2) is 72.0 Å². The monoisotopic (exact) mass is 506 g/mol. The molecule has 0 aliphatic carbocycles. The molecule has 4 rings (SSSR count). The summed E-state index contributed by atoms with van der Waals surface area (Å²) in [6.07, 6.45) is 3.28. The third kappa shape index (κ3) is 5.43. The molecule has 0 spiro atoms. The van der Waals surface area contributed by atoms with Crippen molar-refractivity contribution in [1.82, 2.24) is 24.6 Å². The number of nitrogens with zero attached hydrogens (tertiary/aromatic N) is 6. The number of hydrogen-bond donors (Lipinski definition) is 2. The lowest BCUT2D eigenvalue weighted by Gasteiger charge is -2.28. The van der Waals surface area contributed by atoms with Crippen LogP contribution in [-0.2, 0) is 7.05 Å². The van der Waals surface area contributed by atoms with E-state index in [-0.39, 0.29) is 5.69 Å². The predicted octanol–water partition coefficient (Wildman–Crippen LogP) is 4.74. The van der Waals surface area contributed by atoms with Gasteiger partial charge in [-0.05, 0) is 33.0 Å². The van der Waals surface area contributed by atoms with Gasteiger partial charge in [0.1, 0.15) is 23.6 Å². The Bertz CT molecular complexity index is 1390. The van der Waals surface area contributed by atoms with Gasteiger partial charge in [-0.15, -0.1) is 0 Å². The van der Waals surface area contributed by atoms with E-state index in [9.17, 15) is 0 Å². The molecule has 0 unspecified atom stereocenters. The molecule has 0 saturated heterocycles. The molecule has 2 heterocycles. The zero-order valence-corrected chi connectivity index (χ0v) is 22.5. The summed E-state index contributed by atoms with van der Waals surface area (Å²) >= 11 is 0. The van der Waals surface area contributed by atoms with Crippen molar-refractivity contribution in [3.8, 4) is 17.0 Å². The Balaban J connectivity index is 1.64. The molecule has 2 aromatic carbocycles. The second-order valence-electron chi connectivity index (χ2n) is 9.36. The highest BCUT2D eigenvalue weighted by molar-refractivity contribution is 5.85. The second kappa shape index (κ2) is 11.0. The van der Waals surface area contributed by atoms with E-state index >= 15 is 4.39 Å². The molecule has 10 heteroatoms. The summed E-state index contributed by atoms with van der Waals surface area (Å²) in [6.45, 7) is 5.88. The zero-order valence-electron chi connectivity index (χ0n) is 22.5. The number of methoxy groups -OCH3 is 1. The van der Waals surface area contributed by atoms with Crippen molar-refractivity contribution in [1.29, 1.82) is 0 Å². The van der Waals surface area contributed by atoms with Crippen molar-refractivity contribution in [3.63, 3.8) is 0 Å². The smallest absolute Gasteiger partial charge is 0.175 e. The molecule has 0 aliphatic heterocycles. The minimum atomic E-state index is -0.446. The number of halogens is 1. The van der Waals surface area contributed by atoms with Gasteiger partial charge in [-0.3, -0.25) is 4.68 Å². The van der Waals surface area contributed by atoms with Crippen molar-refractivity contribution >= 4 is 33.8 Å². The number of fused-ring (bicyclic) bond motifs is 1. The first-order chi connectivity index (χ1) is 17.7. The maximum Gasteiger partial charge on any atom is 0.175 e. The summed E-state index contributed by atoms with van der Waals surface area (Å²) < 4.78 is 23.3. The number of ether oxygens (including phenoxy) is 1. The third-order valence-electron chi connectivity index (χ3n) is 6.72. The quantitative estimate of drug-likeness (QED) is 0.319. The first kappa shape index (κ1) is 26.2. The fourth-order valence-corrected chi connectivity index (χ4v) is 4.15. The Morgan fingerprint density at radius 1 is 1.08 bits per heavy atom. The number of benzene rings is 2. The third-order valence-corrected chi connectivity index (χ3v) is 6.72. The summed E-state index contributed by atoms with van der Waals surface area (Å²) in [5.74, 6) is 0.389. The first-order valence-corrected chi connectivity index (χ1v) is 12.2. The van der Waals surface area contributed by atoms with Gasteiger partial charge in [0.05, 0.1) is 35.9 Å². The van der Waals surface area contributed by atoms with Gasteiger partial charge in [0.25, 0.3) is 0 Å². The van der Waals surface area contributed by atoms with E-state index in [2.05, 4.69) is 51.5 Å². The average Bonchev–Trinajstić information content (AvgIpc) is 3.27. The first-order valence-electron chi connectivity index (χ1n) is 12.2. The Kier molecular flexibility index (Phi) is 7.77. The van der Waals surface area contributed by atoms with Crippen molar-refractivity contribution in [2.45, 2.75) is 19.9 Å². The Labute approximate surface area is 217 Å². The maximum atomic E-state index is 15.9. The van der Waals surface area contributed by atoms with Crippen LogP contribution in [0.2, 0.25) is 0 Å². The van der Waals surface area contributed by atoms with Crippen LogP contribution in [0.15, 0.2) is 42.9 Å². The van der Waals surface area contributed by atoms with E-state index in [1.54, 1.807) is 13.1 Å². The van der Waals surface area contributed by atoms with Crippen molar-refractivity contribution in [2.75, 3.05) is 56.9 Å². The van der Waals surface area contributed by atoms with E-state index < -0.39 is 5.82 Å². The van der Waals surface area contributed by atoms with Crippen LogP contribution in [0.3, 0.4) is 0 Å². The van der Waals surface area contributed by atoms with Crippen molar-refractivity contribution < 1.29 is 9.13 Å². The molecule has 0 fully saturated rings. The molecular weight excluding hydrogens is 471 g/mol. The molecule has 0 atom stereocenters. The molecule has 4 aromatic rings. The summed E-state index contributed by atoms with van der Waals surface area (Å²) in [7, 11) is 9.18. The van der Waals surface area contributed by atoms with Gasteiger partial charge in [-0.2, -0.15) is 5.10 Å². The summed E-state index contributed by atoms with van der Waals surface area (Å²) in [4.78, 5) is 13.0. The molecule has 9 nitrogen and oxygen atoms in total. The molecule has 0 amide bonds. The fourth-order valence-electron chi connectivity index (χ4n) is 4.15. The van der Waals surface area contributed by atoms with Gasteiger partial charge in [0, 0.05) is 63.4 Å². The van der Waals surface area contributed by atoms with Gasteiger partial charge in [0.15, 0.2) is 5.82 Å². The molecule has 2 aromatic heterocycles. The molecule has 196 valence electrons. The van der Waals surface area contributed by atoms with Crippen LogP contribution in [0.25, 0.3) is 22.2 Å². The van der Waals surface area contributed by atoms with Crippen LogP contribution in [0.4, 0.5) is 27.3 Å². The van der Waals surface area contributed by atoms with Crippen LogP contribution >= 0.6 is 0 Å². The minimum Gasteiger partial charge on any atom is -0.494 e. The zero-order chi connectivity index (χ0) is 26.7. The lowest BCUT2D eigenvalue weighted by molar-refractivity contribution is 0.280. The Morgan fingerprint density at radius 2 is 1.86 bits per heavy atom. The molecule has 0 radical (unpaired) electrons. The summed E-state index contributed by atoms with van der Waals surface area (Å²) in [5, 5.41) is 11.5.